The standard InChI is InChI=1S/C4H4ClN3.ClH/c5-3-1-8-4(6)2-7-3;/h1-2H,(H2,6,8);1H. The lowest BCUT2D eigenvalue weighted by atomic mass is 10.7. The first-order valence-electron chi connectivity index (χ1n) is 2.02. The summed E-state index contributed by atoms with van der Waals surface area (Å²) < 4.78 is 0. The number of hydrogen-bond acceptors (Lipinski definition) is 3. The monoisotopic (exact) mass is 165 g/mol. The zero-order valence-electron chi connectivity index (χ0n) is 4.41. The van der Waals surface area contributed by atoms with Crippen LogP contribution in [0.3, 0.4) is 0 Å². The van der Waals surface area contributed by atoms with Crippen molar-refractivity contribution in [1.29, 1.82) is 0 Å². The number of anilines is 1. The van der Waals surface area contributed by atoms with Crippen molar-refractivity contribution in [3.8, 4) is 0 Å². The first kappa shape index (κ1) is 8.46. The molecule has 9 heavy (non-hydrogen) atoms. The van der Waals surface area contributed by atoms with Crippen LogP contribution >= 0.6 is 24.0 Å². The van der Waals surface area contributed by atoms with Crippen molar-refractivity contribution in [2.75, 3.05) is 5.73 Å². The minimum Gasteiger partial charge on any atom is -0.382 e. The van der Waals surface area contributed by atoms with Gasteiger partial charge in [0.15, 0.2) is 0 Å². The third-order valence-electron chi connectivity index (χ3n) is 0.640. The van der Waals surface area contributed by atoms with Gasteiger partial charge in [0.1, 0.15) is 11.0 Å². The summed E-state index contributed by atoms with van der Waals surface area (Å²) in [7, 11) is 0. The summed E-state index contributed by atoms with van der Waals surface area (Å²) in [6, 6.07) is 0. The van der Waals surface area contributed by atoms with E-state index >= 15 is 0 Å². The third kappa shape index (κ3) is 2.49. The molecule has 1 heterocycles. The maximum absolute atomic E-state index is 5.38. The molecule has 50 valence electrons. The molecule has 0 aliphatic heterocycles. The Morgan fingerprint density at radius 3 is 2.33 bits per heavy atom. The van der Waals surface area contributed by atoms with E-state index in [0.717, 1.165) is 0 Å². The molecule has 0 aliphatic rings. The van der Waals surface area contributed by atoms with Crippen molar-refractivity contribution < 1.29 is 0 Å². The highest BCUT2D eigenvalue weighted by molar-refractivity contribution is 6.29. The quantitative estimate of drug-likeness (QED) is 0.628. The van der Waals surface area contributed by atoms with Crippen LogP contribution in [0.5, 0.6) is 0 Å². The highest BCUT2D eigenvalue weighted by Crippen LogP contribution is 2.00. The molecule has 0 atom stereocenters. The summed E-state index contributed by atoms with van der Waals surface area (Å²) in [5.74, 6) is 0.384. The number of nitrogens with two attached hydrogens (primary N) is 1. The molecule has 1 rings (SSSR count). The van der Waals surface area contributed by atoms with Crippen molar-refractivity contribution in [2.45, 2.75) is 0 Å². The molecule has 0 amide bonds. The zero-order chi connectivity index (χ0) is 5.98. The number of hydrogen-bond donors (Lipinski definition) is 1. The fourth-order valence-corrected chi connectivity index (χ4v) is 0.420. The Labute approximate surface area is 63.7 Å². The number of aromatic nitrogens is 2. The van der Waals surface area contributed by atoms with Gasteiger partial charge in [-0.1, -0.05) is 11.6 Å². The van der Waals surface area contributed by atoms with Gasteiger partial charge in [0.05, 0.1) is 12.4 Å². The number of nitrogen functional groups attached to an aromatic ring is 1. The zero-order valence-corrected chi connectivity index (χ0v) is 5.99. The summed E-state index contributed by atoms with van der Waals surface area (Å²) in [5.41, 5.74) is 5.19. The van der Waals surface area contributed by atoms with Crippen LogP contribution in [0.1, 0.15) is 0 Å². The molecular formula is C4H5Cl2N3. The van der Waals surface area contributed by atoms with Crippen LogP contribution in [-0.4, -0.2) is 9.97 Å². The van der Waals surface area contributed by atoms with Crippen molar-refractivity contribution in [2.24, 2.45) is 0 Å². The smallest absolute Gasteiger partial charge is 0.147 e. The SMILES string of the molecule is Cl.Nc1cnc(Cl)cn1. The first-order chi connectivity index (χ1) is 3.79. The van der Waals surface area contributed by atoms with Crippen LogP contribution < -0.4 is 5.73 Å². The molecule has 3 nitrogen and oxygen atoms in total. The van der Waals surface area contributed by atoms with Crippen LogP contribution in [0.2, 0.25) is 5.15 Å². The largest absolute Gasteiger partial charge is 0.382 e. The summed E-state index contributed by atoms with van der Waals surface area (Å²) in [6.07, 6.45) is 2.80. The van der Waals surface area contributed by atoms with Crippen LogP contribution in [0.15, 0.2) is 12.4 Å². The van der Waals surface area contributed by atoms with Crippen LogP contribution in [0.4, 0.5) is 5.82 Å². The van der Waals surface area contributed by atoms with Crippen molar-refractivity contribution in [3.05, 3.63) is 17.5 Å². The van der Waals surface area contributed by atoms with Gasteiger partial charge in [0.25, 0.3) is 0 Å². The van der Waals surface area contributed by atoms with E-state index in [4.69, 9.17) is 17.3 Å². The molecule has 0 aromatic carbocycles. The lowest BCUT2D eigenvalue weighted by Gasteiger charge is -1.87. The van der Waals surface area contributed by atoms with E-state index in [1.165, 1.54) is 12.4 Å². The maximum Gasteiger partial charge on any atom is 0.147 e. The maximum atomic E-state index is 5.38. The fourth-order valence-electron chi connectivity index (χ4n) is 0.322. The Morgan fingerprint density at radius 2 is 2.00 bits per heavy atom. The van der Waals surface area contributed by atoms with Gasteiger partial charge in [0.2, 0.25) is 0 Å². The van der Waals surface area contributed by atoms with Gasteiger partial charge < -0.3 is 5.73 Å². The fraction of sp³-hybridized carbons (Fsp3) is 0. The van der Waals surface area contributed by atoms with Gasteiger partial charge in [-0.05, 0) is 0 Å². The second-order valence-electron chi connectivity index (χ2n) is 1.26. The molecule has 0 saturated heterocycles. The van der Waals surface area contributed by atoms with E-state index < -0.39 is 0 Å². The Hall–Kier alpha value is -0.540. The van der Waals surface area contributed by atoms with Gasteiger partial charge in [-0.25, -0.2) is 9.97 Å². The van der Waals surface area contributed by atoms with E-state index in [0.29, 0.717) is 11.0 Å². The molecular weight excluding hydrogens is 161 g/mol. The van der Waals surface area contributed by atoms with Crippen LogP contribution in [0, 0.1) is 0 Å². The van der Waals surface area contributed by atoms with E-state index in [1.54, 1.807) is 0 Å². The summed E-state index contributed by atoms with van der Waals surface area (Å²) in [5, 5.41) is 0.360. The third-order valence-corrected chi connectivity index (χ3v) is 0.835. The predicted molar refractivity (Wildman–Crippen MR) is 38.7 cm³/mol. The normalized spacial score (nSPS) is 8.11. The van der Waals surface area contributed by atoms with E-state index in [2.05, 4.69) is 9.97 Å². The number of halogens is 2. The summed E-state index contributed by atoms with van der Waals surface area (Å²) in [4.78, 5) is 7.32. The van der Waals surface area contributed by atoms with Crippen LogP contribution in [-0.2, 0) is 0 Å². The van der Waals surface area contributed by atoms with Gasteiger partial charge in [-0.15, -0.1) is 12.4 Å². The summed E-state index contributed by atoms with van der Waals surface area (Å²) >= 11 is 5.38. The molecule has 0 aliphatic carbocycles. The second-order valence-corrected chi connectivity index (χ2v) is 1.65. The summed E-state index contributed by atoms with van der Waals surface area (Å²) in [6.45, 7) is 0. The topological polar surface area (TPSA) is 51.8 Å². The highest BCUT2D eigenvalue weighted by Gasteiger charge is 1.85. The van der Waals surface area contributed by atoms with Crippen molar-refractivity contribution >= 4 is 29.8 Å². The van der Waals surface area contributed by atoms with Crippen molar-refractivity contribution in [3.63, 3.8) is 0 Å². The molecule has 0 fully saturated rings. The first-order valence-corrected chi connectivity index (χ1v) is 2.40. The minimum absolute atomic E-state index is 0. The molecule has 2 N–H and O–H groups in total. The Morgan fingerprint density at radius 1 is 1.33 bits per heavy atom. The van der Waals surface area contributed by atoms with E-state index in [9.17, 15) is 0 Å². The second kappa shape index (κ2) is 3.48. The average molecular weight is 166 g/mol. The van der Waals surface area contributed by atoms with Crippen LogP contribution in [0.25, 0.3) is 0 Å². The highest BCUT2D eigenvalue weighted by atomic mass is 35.5. The predicted octanol–water partition coefficient (Wildman–Crippen LogP) is 1.13. The number of rotatable bonds is 0. The molecule has 5 heteroatoms. The van der Waals surface area contributed by atoms with Crippen molar-refractivity contribution in [1.82, 2.24) is 9.97 Å². The molecule has 0 unspecified atom stereocenters. The molecule has 1 aromatic rings. The molecule has 0 bridgehead atoms. The van der Waals surface area contributed by atoms with Gasteiger partial charge in [-0.3, -0.25) is 0 Å². The lowest BCUT2D eigenvalue weighted by Crippen LogP contribution is -1.89. The van der Waals surface area contributed by atoms with Gasteiger partial charge >= 0.3 is 0 Å². The Balaban J connectivity index is 0.000000640. The number of nitrogens with zero attached hydrogens (tertiary/aromatic N) is 2. The molecule has 1 aromatic heterocycles. The van der Waals surface area contributed by atoms with E-state index in [-0.39, 0.29) is 12.4 Å². The molecule has 0 spiro atoms. The minimum atomic E-state index is 0. The Kier molecular flexibility index (Phi) is 3.27. The molecule has 0 radical (unpaired) electrons. The lowest BCUT2D eigenvalue weighted by molar-refractivity contribution is 1.21. The van der Waals surface area contributed by atoms with E-state index in [1.807, 2.05) is 0 Å². The van der Waals surface area contributed by atoms with Gasteiger partial charge in [-0.2, -0.15) is 0 Å². The average Bonchev–Trinajstić information content (AvgIpc) is 1.77. The Bertz CT molecular complexity index is 153. The van der Waals surface area contributed by atoms with Gasteiger partial charge in [0, 0.05) is 0 Å². The molecule has 0 saturated carbocycles.